The first-order chi connectivity index (χ1) is 4.02. The van der Waals surface area contributed by atoms with Crippen LogP contribution in [-0.4, -0.2) is 11.1 Å². The topological polar surface area (TPSA) is 21.9 Å². The molecule has 0 radical (unpaired) electrons. The molecule has 0 aromatic rings. The smallest absolute Gasteiger partial charge is 0.0335 e. The minimum Gasteiger partial charge on any atom is -0.303 e. The summed E-state index contributed by atoms with van der Waals surface area (Å²) in [4.78, 5) is 0. The summed E-state index contributed by atoms with van der Waals surface area (Å²) in [6, 6.07) is 0. The molecule has 0 amide bonds. The molecule has 1 heterocycles. The lowest BCUT2D eigenvalue weighted by atomic mass is 9.94. The minimum atomic E-state index is 0.406. The van der Waals surface area contributed by atoms with E-state index in [4.69, 9.17) is 0 Å². The summed E-state index contributed by atoms with van der Waals surface area (Å²) >= 11 is 0. The molecule has 54 valence electrons. The van der Waals surface area contributed by atoms with Crippen LogP contribution >= 0.6 is 0 Å². The molecule has 0 aliphatic carbocycles. The van der Waals surface area contributed by atoms with E-state index in [9.17, 15) is 0 Å². The maximum Gasteiger partial charge on any atom is 0.0335 e. The van der Waals surface area contributed by atoms with Gasteiger partial charge in [0.2, 0.25) is 0 Å². The fourth-order valence-electron chi connectivity index (χ4n) is 1.53. The van der Waals surface area contributed by atoms with Crippen LogP contribution in [0.3, 0.4) is 0 Å². The molecule has 9 heavy (non-hydrogen) atoms. The monoisotopic (exact) mass is 127 g/mol. The van der Waals surface area contributed by atoms with Crippen molar-refractivity contribution >= 4 is 0 Å². The average molecular weight is 127 g/mol. The largest absolute Gasteiger partial charge is 0.303 e. The van der Waals surface area contributed by atoms with Crippen LogP contribution in [0.4, 0.5) is 0 Å². The second-order valence-corrected chi connectivity index (χ2v) is 3.83. The molecule has 0 bridgehead atoms. The van der Waals surface area contributed by atoms with Crippen LogP contribution < -0.4 is 5.32 Å². The van der Waals surface area contributed by atoms with E-state index in [0.717, 1.165) is 0 Å². The highest BCUT2D eigenvalue weighted by molar-refractivity contribution is 5.18. The van der Waals surface area contributed by atoms with E-state index in [1.807, 2.05) is 0 Å². The third kappa shape index (κ3) is 0.983. The second kappa shape index (κ2) is 1.72. The molecule has 1 atom stereocenters. The summed E-state index contributed by atoms with van der Waals surface area (Å²) in [7, 11) is 0. The lowest BCUT2D eigenvalue weighted by Gasteiger charge is -2.08. The summed E-state index contributed by atoms with van der Waals surface area (Å²) < 4.78 is 0. The Hall–Kier alpha value is -0.0400. The Kier molecular flexibility index (Phi) is 1.35. The van der Waals surface area contributed by atoms with Gasteiger partial charge in [0, 0.05) is 11.1 Å². The average Bonchev–Trinajstić information content (AvgIpc) is 2.07. The lowest BCUT2D eigenvalue weighted by molar-refractivity contribution is 0.547. The standard InChI is InChI=1S/C8H17N/c1-5-6-8(4)7(2,3)9-8/h9H,5-6H2,1-4H3. The fourth-order valence-corrected chi connectivity index (χ4v) is 1.53. The van der Waals surface area contributed by atoms with Gasteiger partial charge in [0.05, 0.1) is 0 Å². The molecule has 1 unspecified atom stereocenters. The maximum absolute atomic E-state index is 3.49. The molecule has 0 spiro atoms. The van der Waals surface area contributed by atoms with Crippen molar-refractivity contribution in [1.29, 1.82) is 0 Å². The van der Waals surface area contributed by atoms with Crippen molar-refractivity contribution in [2.24, 2.45) is 0 Å². The Morgan fingerprint density at radius 2 is 1.67 bits per heavy atom. The van der Waals surface area contributed by atoms with Crippen LogP contribution in [0, 0.1) is 0 Å². The zero-order chi connectivity index (χ0) is 7.12. The van der Waals surface area contributed by atoms with E-state index in [-0.39, 0.29) is 0 Å². The molecule has 1 heteroatoms. The van der Waals surface area contributed by atoms with Crippen molar-refractivity contribution in [3.63, 3.8) is 0 Å². The van der Waals surface area contributed by atoms with E-state index >= 15 is 0 Å². The Morgan fingerprint density at radius 1 is 1.22 bits per heavy atom. The molecule has 1 rings (SSSR count). The van der Waals surface area contributed by atoms with Gasteiger partial charge in [-0.15, -0.1) is 0 Å². The van der Waals surface area contributed by atoms with Crippen molar-refractivity contribution in [2.75, 3.05) is 0 Å². The molecule has 1 aliphatic rings. The molecule has 0 aromatic carbocycles. The number of nitrogens with one attached hydrogen (secondary N) is 1. The van der Waals surface area contributed by atoms with Crippen molar-refractivity contribution in [2.45, 2.75) is 51.6 Å². The van der Waals surface area contributed by atoms with Gasteiger partial charge in [-0.05, 0) is 27.2 Å². The van der Waals surface area contributed by atoms with E-state index in [2.05, 4.69) is 33.0 Å². The van der Waals surface area contributed by atoms with Gasteiger partial charge in [0.25, 0.3) is 0 Å². The predicted octanol–water partition coefficient (Wildman–Crippen LogP) is 1.93. The van der Waals surface area contributed by atoms with E-state index in [1.54, 1.807) is 0 Å². The predicted molar refractivity (Wildman–Crippen MR) is 40.5 cm³/mol. The van der Waals surface area contributed by atoms with Crippen LogP contribution in [0.1, 0.15) is 40.5 Å². The van der Waals surface area contributed by atoms with Crippen LogP contribution in [0.5, 0.6) is 0 Å². The van der Waals surface area contributed by atoms with Crippen molar-refractivity contribution in [3.8, 4) is 0 Å². The van der Waals surface area contributed by atoms with Gasteiger partial charge in [-0.2, -0.15) is 0 Å². The first-order valence-corrected chi connectivity index (χ1v) is 3.81. The van der Waals surface area contributed by atoms with Gasteiger partial charge in [0.15, 0.2) is 0 Å². The number of hydrogen-bond acceptors (Lipinski definition) is 1. The Bertz CT molecular complexity index is 118. The molecule has 0 saturated carbocycles. The molecule has 1 nitrogen and oxygen atoms in total. The van der Waals surface area contributed by atoms with Gasteiger partial charge >= 0.3 is 0 Å². The van der Waals surface area contributed by atoms with E-state index < -0.39 is 0 Å². The molecule has 1 N–H and O–H groups in total. The quantitative estimate of drug-likeness (QED) is 0.562. The van der Waals surface area contributed by atoms with Crippen LogP contribution in [0.2, 0.25) is 0 Å². The zero-order valence-corrected chi connectivity index (χ0v) is 6.91. The van der Waals surface area contributed by atoms with Crippen LogP contribution in [0.15, 0.2) is 0 Å². The Balaban J connectivity index is 2.42. The van der Waals surface area contributed by atoms with Gasteiger partial charge in [-0.3, -0.25) is 0 Å². The van der Waals surface area contributed by atoms with Gasteiger partial charge in [-0.1, -0.05) is 13.3 Å². The second-order valence-electron chi connectivity index (χ2n) is 3.83. The maximum atomic E-state index is 3.49. The van der Waals surface area contributed by atoms with E-state index in [1.165, 1.54) is 12.8 Å². The summed E-state index contributed by atoms with van der Waals surface area (Å²) in [5, 5.41) is 3.49. The highest BCUT2D eigenvalue weighted by Gasteiger charge is 2.55. The molecular weight excluding hydrogens is 110 g/mol. The van der Waals surface area contributed by atoms with Crippen LogP contribution in [-0.2, 0) is 0 Å². The molecule has 1 fully saturated rings. The first kappa shape index (κ1) is 7.07. The summed E-state index contributed by atoms with van der Waals surface area (Å²) in [6.07, 6.45) is 2.59. The van der Waals surface area contributed by atoms with Crippen molar-refractivity contribution in [1.82, 2.24) is 5.32 Å². The molecular formula is C8H17N. The summed E-state index contributed by atoms with van der Waals surface area (Å²) in [5.74, 6) is 0. The van der Waals surface area contributed by atoms with Crippen molar-refractivity contribution < 1.29 is 0 Å². The zero-order valence-electron chi connectivity index (χ0n) is 6.91. The Labute approximate surface area is 57.8 Å². The number of rotatable bonds is 2. The first-order valence-electron chi connectivity index (χ1n) is 3.81. The van der Waals surface area contributed by atoms with E-state index in [0.29, 0.717) is 11.1 Å². The third-order valence-corrected chi connectivity index (χ3v) is 2.66. The van der Waals surface area contributed by atoms with Gasteiger partial charge in [-0.25, -0.2) is 0 Å². The fraction of sp³-hybridized carbons (Fsp3) is 1.00. The SMILES string of the molecule is CCCC1(C)NC1(C)C. The lowest BCUT2D eigenvalue weighted by Crippen LogP contribution is -2.15. The summed E-state index contributed by atoms with van der Waals surface area (Å²) in [5.41, 5.74) is 0.852. The number of hydrogen-bond donors (Lipinski definition) is 1. The van der Waals surface area contributed by atoms with Crippen LogP contribution in [0.25, 0.3) is 0 Å². The molecule has 1 saturated heterocycles. The van der Waals surface area contributed by atoms with Gasteiger partial charge in [0.1, 0.15) is 0 Å². The highest BCUT2D eigenvalue weighted by Crippen LogP contribution is 2.40. The molecule has 0 aromatic heterocycles. The summed E-state index contributed by atoms with van der Waals surface area (Å²) in [6.45, 7) is 9.07. The van der Waals surface area contributed by atoms with Crippen molar-refractivity contribution in [3.05, 3.63) is 0 Å². The minimum absolute atomic E-state index is 0.406. The van der Waals surface area contributed by atoms with Gasteiger partial charge < -0.3 is 5.32 Å². The third-order valence-electron chi connectivity index (χ3n) is 2.66. The highest BCUT2D eigenvalue weighted by atomic mass is 15.3. The Morgan fingerprint density at radius 3 is 1.78 bits per heavy atom. The normalized spacial score (nSPS) is 38.7. The molecule has 1 aliphatic heterocycles.